The van der Waals surface area contributed by atoms with E-state index in [4.69, 9.17) is 4.74 Å². The Morgan fingerprint density at radius 3 is 2.59 bits per heavy atom. The minimum atomic E-state index is -3.18. The Morgan fingerprint density at radius 2 is 2.04 bits per heavy atom. The third kappa shape index (κ3) is 5.52. The van der Waals surface area contributed by atoms with Crippen molar-refractivity contribution in [2.24, 2.45) is 0 Å². The van der Waals surface area contributed by atoms with Crippen LogP contribution in [-0.4, -0.2) is 28.4 Å². The number of benzene rings is 2. The number of nitrogens with zero attached hydrogens (tertiary/aromatic N) is 1. The van der Waals surface area contributed by atoms with E-state index in [1.165, 1.54) is 46.7 Å². The maximum atomic E-state index is 13.6. The summed E-state index contributed by atoms with van der Waals surface area (Å²) in [5.41, 5.74) is -2.19. The lowest BCUT2D eigenvalue weighted by Gasteiger charge is -2.29. The van der Waals surface area contributed by atoms with E-state index in [-0.39, 0.29) is 29.5 Å². The summed E-state index contributed by atoms with van der Waals surface area (Å²) in [6.07, 6.45) is 0. The normalized spacial score (nSPS) is 12.5. The lowest BCUT2D eigenvalue weighted by molar-refractivity contribution is -0.119. The smallest absolute Gasteiger partial charge is 0.283 e. The van der Waals surface area contributed by atoms with Gasteiger partial charge in [-0.2, -0.15) is 8.78 Å². The van der Waals surface area contributed by atoms with Gasteiger partial charge in [-0.3, -0.25) is 13.3 Å². The van der Waals surface area contributed by atoms with Crippen molar-refractivity contribution < 1.29 is 27.1 Å². The zero-order chi connectivity index (χ0) is 20.2. The molecule has 2 aromatic rings. The second-order valence-corrected chi connectivity index (χ2v) is 7.19. The third-order valence-corrected chi connectivity index (χ3v) is 4.63. The molecule has 2 atom stereocenters. The Labute approximate surface area is 160 Å². The van der Waals surface area contributed by atoms with E-state index in [9.17, 15) is 22.3 Å². The van der Waals surface area contributed by atoms with Crippen molar-refractivity contribution in [3.05, 3.63) is 53.6 Å². The van der Waals surface area contributed by atoms with Gasteiger partial charge >= 0.3 is 0 Å². The molecule has 2 unspecified atom stereocenters. The zero-order valence-corrected chi connectivity index (χ0v) is 16.5. The first kappa shape index (κ1) is 21.4. The number of halogens is 2. The summed E-state index contributed by atoms with van der Waals surface area (Å²) in [6.45, 7) is 1.53. The van der Waals surface area contributed by atoms with Gasteiger partial charge in [0.15, 0.2) is 0 Å². The van der Waals surface area contributed by atoms with Crippen LogP contribution >= 0.6 is 9.24 Å². The van der Waals surface area contributed by atoms with E-state index in [0.717, 1.165) is 10.4 Å². The molecule has 0 radical (unpaired) electrons. The second kappa shape index (κ2) is 8.84. The number of nitrogens with one attached hydrogen (secondary N) is 1. The van der Waals surface area contributed by atoms with Gasteiger partial charge in [0.25, 0.3) is 5.66 Å². The van der Waals surface area contributed by atoms with Crippen molar-refractivity contribution in [2.75, 3.05) is 23.3 Å². The van der Waals surface area contributed by atoms with E-state index in [0.29, 0.717) is 11.3 Å². The molecule has 0 fully saturated rings. The standard InChI is InChI=1S/C17H19F2N2O4PS/c1-11-8-13(20-16(22)10-25-2)6-7-15(11)21(27(23)24)14-5-3-4-12(9-14)17(18,19)26/h3-9H,10,26H2,1-2H3,(H,20,22)(H,23,24)/p-1. The summed E-state index contributed by atoms with van der Waals surface area (Å²) in [4.78, 5) is 11.6. The van der Waals surface area contributed by atoms with Crippen LogP contribution in [0.1, 0.15) is 11.1 Å². The van der Waals surface area contributed by atoms with Crippen molar-refractivity contribution in [2.45, 2.75) is 12.6 Å². The number of ether oxygens (including phenoxy) is 1. The number of alkyl halides is 2. The van der Waals surface area contributed by atoms with Gasteiger partial charge < -0.3 is 14.6 Å². The number of carbonyl (C=O) groups excluding carboxylic acids is 1. The molecule has 0 aliphatic rings. The number of anilines is 3. The number of methoxy groups -OCH3 is 1. The molecule has 1 N–H and O–H groups in total. The lowest BCUT2D eigenvalue weighted by Crippen LogP contribution is -2.21. The van der Waals surface area contributed by atoms with Crippen LogP contribution in [0.5, 0.6) is 0 Å². The Hall–Kier alpha value is -1.93. The van der Waals surface area contributed by atoms with Crippen LogP contribution in [0.3, 0.4) is 0 Å². The molecule has 6 nitrogen and oxygen atoms in total. The quantitative estimate of drug-likeness (QED) is 0.555. The first-order valence-electron chi connectivity index (χ1n) is 7.69. The van der Waals surface area contributed by atoms with Crippen LogP contribution in [0.4, 0.5) is 25.8 Å². The largest absolute Gasteiger partial charge is 0.755 e. The highest BCUT2D eigenvalue weighted by Gasteiger charge is 2.25. The number of carbonyl (C=O) groups is 1. The monoisotopic (exact) mass is 415 g/mol. The number of hydrogen-bond acceptors (Lipinski definition) is 4. The minimum Gasteiger partial charge on any atom is -0.755 e. The summed E-state index contributed by atoms with van der Waals surface area (Å²) < 4.78 is 56.4. The van der Waals surface area contributed by atoms with Gasteiger partial charge in [0, 0.05) is 18.4 Å². The van der Waals surface area contributed by atoms with Crippen LogP contribution in [0.25, 0.3) is 0 Å². The van der Waals surface area contributed by atoms with E-state index in [1.807, 2.05) is 0 Å². The third-order valence-electron chi connectivity index (χ3n) is 3.59. The average molecular weight is 415 g/mol. The van der Waals surface area contributed by atoms with Crippen LogP contribution in [0, 0.1) is 6.92 Å². The molecule has 0 aromatic heterocycles. The molecule has 10 heteroatoms. The van der Waals surface area contributed by atoms with E-state index in [1.54, 1.807) is 13.0 Å². The fourth-order valence-electron chi connectivity index (χ4n) is 2.43. The minimum absolute atomic E-state index is 0.0715. The van der Waals surface area contributed by atoms with Crippen molar-refractivity contribution in [3.8, 4) is 0 Å². The van der Waals surface area contributed by atoms with Crippen LogP contribution < -0.4 is 9.62 Å². The van der Waals surface area contributed by atoms with Gasteiger partial charge in [-0.05, 0) is 42.8 Å². The maximum absolute atomic E-state index is 13.6. The lowest BCUT2D eigenvalue weighted by atomic mass is 10.1. The highest BCUT2D eigenvalue weighted by Crippen LogP contribution is 2.38. The molecule has 27 heavy (non-hydrogen) atoms. The highest BCUT2D eigenvalue weighted by molar-refractivity contribution is 7.81. The molecule has 0 aliphatic heterocycles. The maximum Gasteiger partial charge on any atom is 0.283 e. The highest BCUT2D eigenvalue weighted by atomic mass is 32.2. The van der Waals surface area contributed by atoms with E-state index >= 15 is 0 Å². The zero-order valence-electron chi connectivity index (χ0n) is 14.6. The van der Waals surface area contributed by atoms with Crippen molar-refractivity contribution in [1.82, 2.24) is 0 Å². The fourth-order valence-corrected chi connectivity index (χ4v) is 3.26. The Kier molecular flexibility index (Phi) is 7.00. The average Bonchev–Trinajstić information content (AvgIpc) is 2.56. The van der Waals surface area contributed by atoms with Crippen molar-refractivity contribution >= 4 is 43.5 Å². The molecule has 0 aliphatic carbocycles. The Balaban J connectivity index is 2.40. The van der Waals surface area contributed by atoms with E-state index < -0.39 is 16.9 Å². The predicted octanol–water partition coefficient (Wildman–Crippen LogP) is 3.44. The van der Waals surface area contributed by atoms with Gasteiger partial charge in [0.2, 0.25) is 5.91 Å². The van der Waals surface area contributed by atoms with Crippen molar-refractivity contribution in [1.29, 1.82) is 0 Å². The van der Waals surface area contributed by atoms with E-state index in [2.05, 4.69) is 5.32 Å². The van der Waals surface area contributed by atoms with Gasteiger partial charge in [0.1, 0.15) is 6.61 Å². The fraction of sp³-hybridized carbons (Fsp3) is 0.235. The first-order chi connectivity index (χ1) is 12.6. The predicted molar refractivity (Wildman–Crippen MR) is 103 cm³/mol. The number of aryl methyl sites for hydroxylation is 1. The molecule has 0 spiro atoms. The molecule has 0 saturated heterocycles. The number of amides is 1. The molecule has 1 amide bonds. The molecular formula is C17H18F2N2O4PS-. The van der Waals surface area contributed by atoms with Gasteiger partial charge in [-0.25, -0.2) is 0 Å². The summed E-state index contributed by atoms with van der Waals surface area (Å²) in [5.74, 6) is -0.357. The van der Waals surface area contributed by atoms with Crippen LogP contribution in [0.2, 0.25) is 0 Å². The molecule has 2 aromatic carbocycles. The Bertz CT molecular complexity index is 861. The molecular weight excluding hydrogens is 397 g/mol. The first-order valence-corrected chi connectivity index (χ1v) is 9.30. The summed E-state index contributed by atoms with van der Waals surface area (Å²) in [6, 6.07) is 9.68. The molecule has 0 saturated carbocycles. The van der Waals surface area contributed by atoms with Crippen LogP contribution in [0.15, 0.2) is 42.5 Å². The summed E-state index contributed by atoms with van der Waals surface area (Å²) in [5, 5.41) is 2.61. The van der Waals surface area contributed by atoms with Gasteiger partial charge in [-0.15, -0.1) is 0 Å². The van der Waals surface area contributed by atoms with Gasteiger partial charge in [-0.1, -0.05) is 21.4 Å². The van der Waals surface area contributed by atoms with Crippen LogP contribution in [-0.2, 0) is 26.5 Å². The SMILES string of the molecule is COCC(=O)Nc1ccc(N(c2cccc(C(F)(F)P)c2)S(=O)[O-])c(C)c1. The van der Waals surface area contributed by atoms with Gasteiger partial charge in [0.05, 0.1) is 22.6 Å². The number of rotatable bonds is 7. The number of hydrogen-bond donors (Lipinski definition) is 1. The molecule has 146 valence electrons. The second-order valence-electron chi connectivity index (χ2n) is 5.67. The van der Waals surface area contributed by atoms with Crippen molar-refractivity contribution in [3.63, 3.8) is 0 Å². The summed E-state index contributed by atoms with van der Waals surface area (Å²) in [7, 11) is 2.81. The molecule has 2 rings (SSSR count). The summed E-state index contributed by atoms with van der Waals surface area (Å²) >= 11 is -2.75. The molecule has 0 bridgehead atoms. The molecule has 0 heterocycles. The Morgan fingerprint density at radius 1 is 1.33 bits per heavy atom. The topological polar surface area (TPSA) is 81.7 Å².